The highest BCUT2D eigenvalue weighted by atomic mass is 15.3. The van der Waals surface area contributed by atoms with E-state index in [0.29, 0.717) is 6.54 Å². The first kappa shape index (κ1) is 16.8. The highest BCUT2D eigenvalue weighted by molar-refractivity contribution is 5.79. The van der Waals surface area contributed by atoms with Crippen molar-refractivity contribution in [1.29, 1.82) is 0 Å². The predicted molar refractivity (Wildman–Crippen MR) is 89.9 cm³/mol. The maximum absolute atomic E-state index is 4.30. The molecule has 0 radical (unpaired) electrons. The number of aliphatic imine (C=N–C) groups is 1. The Bertz CT molecular complexity index is 479. The second-order valence-corrected chi connectivity index (χ2v) is 6.01. The molecule has 1 aromatic heterocycles. The summed E-state index contributed by atoms with van der Waals surface area (Å²) in [5.41, 5.74) is 0. The SMILES string of the molecule is CCCCC(CC)CNC(=NC)NCc1nnc2n1CCC2. The molecule has 0 aliphatic carbocycles. The van der Waals surface area contributed by atoms with Crippen LogP contribution in [0.3, 0.4) is 0 Å². The van der Waals surface area contributed by atoms with Gasteiger partial charge in [-0.25, -0.2) is 0 Å². The number of guanidine groups is 1. The number of hydrogen-bond donors (Lipinski definition) is 2. The second kappa shape index (κ2) is 8.76. The third-order valence-corrected chi connectivity index (χ3v) is 4.43. The maximum Gasteiger partial charge on any atom is 0.191 e. The molecule has 0 saturated heterocycles. The lowest BCUT2D eigenvalue weighted by Gasteiger charge is -2.18. The van der Waals surface area contributed by atoms with Crippen LogP contribution in [0.5, 0.6) is 0 Å². The van der Waals surface area contributed by atoms with Crippen LogP contribution in [0.25, 0.3) is 0 Å². The van der Waals surface area contributed by atoms with E-state index in [1.54, 1.807) is 0 Å². The van der Waals surface area contributed by atoms with E-state index in [1.807, 2.05) is 7.05 Å². The smallest absolute Gasteiger partial charge is 0.191 e. The van der Waals surface area contributed by atoms with Crippen LogP contribution in [0.15, 0.2) is 4.99 Å². The summed E-state index contributed by atoms with van der Waals surface area (Å²) < 4.78 is 2.22. The molecule has 6 heteroatoms. The molecule has 1 aliphatic rings. The molecular weight excluding hydrogens is 276 g/mol. The van der Waals surface area contributed by atoms with E-state index in [-0.39, 0.29) is 0 Å². The highest BCUT2D eigenvalue weighted by Crippen LogP contribution is 2.13. The quantitative estimate of drug-likeness (QED) is 0.570. The van der Waals surface area contributed by atoms with Crippen molar-refractivity contribution in [2.24, 2.45) is 10.9 Å². The van der Waals surface area contributed by atoms with Crippen molar-refractivity contribution in [3.05, 3.63) is 11.6 Å². The summed E-state index contributed by atoms with van der Waals surface area (Å²) in [5, 5.41) is 15.3. The van der Waals surface area contributed by atoms with Crippen molar-refractivity contribution in [2.75, 3.05) is 13.6 Å². The van der Waals surface area contributed by atoms with E-state index in [0.717, 1.165) is 43.0 Å². The van der Waals surface area contributed by atoms with Crippen LogP contribution in [-0.2, 0) is 19.5 Å². The molecule has 1 aromatic rings. The van der Waals surface area contributed by atoms with E-state index in [4.69, 9.17) is 0 Å². The molecule has 0 amide bonds. The molecule has 6 nitrogen and oxygen atoms in total. The molecule has 124 valence electrons. The van der Waals surface area contributed by atoms with Crippen molar-refractivity contribution in [2.45, 2.75) is 65.5 Å². The van der Waals surface area contributed by atoms with Gasteiger partial charge in [0.15, 0.2) is 11.8 Å². The summed E-state index contributed by atoms with van der Waals surface area (Å²) in [6.45, 7) is 7.21. The summed E-state index contributed by atoms with van der Waals surface area (Å²) in [4.78, 5) is 4.30. The second-order valence-electron chi connectivity index (χ2n) is 6.01. The van der Waals surface area contributed by atoms with Crippen LogP contribution in [0.1, 0.15) is 57.6 Å². The van der Waals surface area contributed by atoms with Gasteiger partial charge in [-0.15, -0.1) is 10.2 Å². The average molecular weight is 306 g/mol. The van der Waals surface area contributed by atoms with Crippen molar-refractivity contribution < 1.29 is 0 Å². The molecule has 1 aliphatic heterocycles. The number of aromatic nitrogens is 3. The molecule has 0 fully saturated rings. The number of nitrogens with one attached hydrogen (secondary N) is 2. The number of rotatable bonds is 8. The van der Waals surface area contributed by atoms with Gasteiger partial charge in [0.05, 0.1) is 6.54 Å². The molecule has 22 heavy (non-hydrogen) atoms. The normalized spacial score (nSPS) is 15.7. The van der Waals surface area contributed by atoms with Crippen molar-refractivity contribution in [1.82, 2.24) is 25.4 Å². The van der Waals surface area contributed by atoms with Gasteiger partial charge in [0.1, 0.15) is 5.82 Å². The van der Waals surface area contributed by atoms with Crippen LogP contribution in [0.4, 0.5) is 0 Å². The van der Waals surface area contributed by atoms with Crippen molar-refractivity contribution in [3.8, 4) is 0 Å². The summed E-state index contributed by atoms with van der Waals surface area (Å²) in [6.07, 6.45) is 7.30. The first-order valence-corrected chi connectivity index (χ1v) is 8.63. The zero-order chi connectivity index (χ0) is 15.8. The van der Waals surface area contributed by atoms with Gasteiger partial charge in [0, 0.05) is 26.6 Å². The first-order chi connectivity index (χ1) is 10.8. The average Bonchev–Trinajstić information content (AvgIpc) is 3.14. The molecule has 0 bridgehead atoms. The van der Waals surface area contributed by atoms with Gasteiger partial charge in [0.25, 0.3) is 0 Å². The molecule has 2 rings (SSSR count). The lowest BCUT2D eigenvalue weighted by Crippen LogP contribution is -2.39. The Morgan fingerprint density at radius 1 is 1.32 bits per heavy atom. The van der Waals surface area contributed by atoms with Gasteiger partial charge >= 0.3 is 0 Å². The summed E-state index contributed by atoms with van der Waals surface area (Å²) in [7, 11) is 1.82. The van der Waals surface area contributed by atoms with E-state index in [1.165, 1.54) is 32.1 Å². The van der Waals surface area contributed by atoms with Gasteiger partial charge < -0.3 is 15.2 Å². The Morgan fingerprint density at radius 3 is 2.91 bits per heavy atom. The van der Waals surface area contributed by atoms with Crippen LogP contribution in [-0.4, -0.2) is 34.3 Å². The standard InChI is InChI=1S/C16H30N6/c1-4-6-8-13(5-2)11-18-16(17-3)19-12-15-21-20-14-9-7-10-22(14)15/h13H,4-12H2,1-3H3,(H2,17,18,19). The van der Waals surface area contributed by atoms with E-state index < -0.39 is 0 Å². The van der Waals surface area contributed by atoms with Gasteiger partial charge in [0.2, 0.25) is 0 Å². The number of aryl methyl sites for hydroxylation is 1. The third-order valence-electron chi connectivity index (χ3n) is 4.43. The van der Waals surface area contributed by atoms with Crippen LogP contribution in [0.2, 0.25) is 0 Å². The molecule has 0 aromatic carbocycles. The predicted octanol–water partition coefficient (Wildman–Crippen LogP) is 2.11. The third kappa shape index (κ3) is 4.45. The largest absolute Gasteiger partial charge is 0.356 e. The molecule has 1 unspecified atom stereocenters. The molecule has 0 spiro atoms. The molecule has 2 N–H and O–H groups in total. The van der Waals surface area contributed by atoms with Crippen molar-refractivity contribution >= 4 is 5.96 Å². The number of unbranched alkanes of at least 4 members (excludes halogenated alkanes) is 1. The monoisotopic (exact) mass is 306 g/mol. The lowest BCUT2D eigenvalue weighted by atomic mass is 9.99. The van der Waals surface area contributed by atoms with Gasteiger partial charge in [-0.2, -0.15) is 0 Å². The minimum Gasteiger partial charge on any atom is -0.356 e. The fourth-order valence-electron chi connectivity index (χ4n) is 2.91. The van der Waals surface area contributed by atoms with Gasteiger partial charge in [-0.05, 0) is 18.8 Å². The number of fused-ring (bicyclic) bond motifs is 1. The Hall–Kier alpha value is -1.59. The molecule has 2 heterocycles. The van der Waals surface area contributed by atoms with Gasteiger partial charge in [-0.1, -0.05) is 33.1 Å². The summed E-state index contributed by atoms with van der Waals surface area (Å²) >= 11 is 0. The van der Waals surface area contributed by atoms with E-state index >= 15 is 0 Å². The zero-order valence-corrected chi connectivity index (χ0v) is 14.2. The number of hydrogen-bond acceptors (Lipinski definition) is 3. The first-order valence-electron chi connectivity index (χ1n) is 8.63. The fourth-order valence-corrected chi connectivity index (χ4v) is 2.91. The fraction of sp³-hybridized carbons (Fsp3) is 0.812. The lowest BCUT2D eigenvalue weighted by molar-refractivity contribution is 0.443. The van der Waals surface area contributed by atoms with E-state index in [9.17, 15) is 0 Å². The summed E-state index contributed by atoms with van der Waals surface area (Å²) in [6, 6.07) is 0. The topological polar surface area (TPSA) is 67.1 Å². The highest BCUT2D eigenvalue weighted by Gasteiger charge is 2.17. The van der Waals surface area contributed by atoms with Crippen molar-refractivity contribution in [3.63, 3.8) is 0 Å². The van der Waals surface area contributed by atoms with Crippen LogP contribution >= 0.6 is 0 Å². The number of nitrogens with zero attached hydrogens (tertiary/aromatic N) is 4. The Kier molecular flexibility index (Phi) is 6.68. The van der Waals surface area contributed by atoms with E-state index in [2.05, 4.69) is 44.2 Å². The molecule has 0 saturated carbocycles. The molecular formula is C16H30N6. The van der Waals surface area contributed by atoms with Crippen LogP contribution in [0, 0.1) is 5.92 Å². The summed E-state index contributed by atoms with van der Waals surface area (Å²) in [5.74, 6) is 3.69. The van der Waals surface area contributed by atoms with Gasteiger partial charge in [-0.3, -0.25) is 4.99 Å². The Morgan fingerprint density at radius 2 is 2.18 bits per heavy atom. The minimum absolute atomic E-state index is 0.679. The maximum atomic E-state index is 4.30. The molecule has 1 atom stereocenters. The Balaban J connectivity index is 1.77. The van der Waals surface area contributed by atoms with Crippen LogP contribution < -0.4 is 10.6 Å². The Labute approximate surface area is 133 Å². The minimum atomic E-state index is 0.679. The zero-order valence-electron chi connectivity index (χ0n) is 14.2.